The number of benzene rings is 2. The van der Waals surface area contributed by atoms with Crippen LogP contribution in [0, 0.1) is 0 Å². The minimum absolute atomic E-state index is 0.261. The fourth-order valence-corrected chi connectivity index (χ4v) is 6.54. The molecule has 2 aromatic heterocycles. The number of ether oxygens (including phenoxy) is 4. The number of thioether (sulfide) groups is 1. The molecule has 0 bridgehead atoms. The van der Waals surface area contributed by atoms with Gasteiger partial charge in [0.05, 0.1) is 61.8 Å². The third-order valence-electron chi connectivity index (χ3n) is 7.16. The molecular weight excluding hydrogens is 566 g/mol. The number of hydrogen-bond acceptors (Lipinski definition) is 8. The second kappa shape index (κ2) is 12.6. The number of aryl methyl sites for hydroxylation is 2. The van der Waals surface area contributed by atoms with E-state index in [2.05, 4.69) is 0 Å². The summed E-state index contributed by atoms with van der Waals surface area (Å²) in [5.74, 6) is 1.56. The summed E-state index contributed by atoms with van der Waals surface area (Å²) in [6.07, 6.45) is 1.08. The van der Waals surface area contributed by atoms with Gasteiger partial charge >= 0.3 is 11.9 Å². The lowest BCUT2D eigenvalue weighted by Crippen LogP contribution is -2.11. The molecular formula is C30H32ClN3O6S. The van der Waals surface area contributed by atoms with Gasteiger partial charge in [-0.3, -0.25) is 9.48 Å². The fourth-order valence-electron chi connectivity index (χ4n) is 5.32. The number of carbonyl (C=O) groups excluding carboxylic acids is 2. The molecule has 0 unspecified atom stereocenters. The molecule has 1 aliphatic rings. The van der Waals surface area contributed by atoms with Gasteiger partial charge in [-0.25, -0.2) is 4.79 Å². The first-order chi connectivity index (χ1) is 19.8. The summed E-state index contributed by atoms with van der Waals surface area (Å²) in [6.45, 7) is 2.35. The molecule has 0 amide bonds. The molecule has 2 aromatic carbocycles. The zero-order chi connectivity index (χ0) is 29.1. The summed E-state index contributed by atoms with van der Waals surface area (Å²) in [4.78, 5) is 24.3. The first kappa shape index (κ1) is 29.0. The van der Waals surface area contributed by atoms with Crippen LogP contribution in [0.15, 0.2) is 36.4 Å². The molecule has 4 aromatic rings. The van der Waals surface area contributed by atoms with E-state index >= 15 is 0 Å². The van der Waals surface area contributed by atoms with Gasteiger partial charge in [-0.15, -0.1) is 11.8 Å². The molecule has 1 aliphatic heterocycles. The minimum Gasteiger partial charge on any atom is -0.497 e. The Balaban J connectivity index is 1.56. The third-order valence-corrected chi connectivity index (χ3v) is 8.38. The zero-order valence-corrected chi connectivity index (χ0v) is 25.1. The lowest BCUT2D eigenvalue weighted by molar-refractivity contribution is -0.141. The van der Waals surface area contributed by atoms with Crippen molar-refractivity contribution in [1.29, 1.82) is 0 Å². The standard InChI is InChI=1S/C30H32ClN3O6S/c1-18(35)40-13-5-6-21-22-11-12-23(31)26(28(22)33(2)29(21)30(36)38-4)27-24(32-34-17-41-16-25(27)34)15-39-14-19-7-9-20(37-3)10-8-19/h7-12H,5-6,13-17H2,1-4H3. The first-order valence-corrected chi connectivity index (χ1v) is 14.8. The summed E-state index contributed by atoms with van der Waals surface area (Å²) in [7, 11) is 4.86. The van der Waals surface area contributed by atoms with Crippen LogP contribution < -0.4 is 4.74 Å². The highest BCUT2D eigenvalue weighted by molar-refractivity contribution is 7.97. The number of aromatic nitrogens is 3. The molecule has 0 fully saturated rings. The van der Waals surface area contributed by atoms with Crippen molar-refractivity contribution in [2.75, 3.05) is 20.8 Å². The number of carbonyl (C=O) groups is 2. The Bertz CT molecular complexity index is 1590. The Morgan fingerprint density at radius 1 is 1.07 bits per heavy atom. The van der Waals surface area contributed by atoms with Crippen LogP contribution in [0.3, 0.4) is 0 Å². The van der Waals surface area contributed by atoms with E-state index in [1.54, 1.807) is 18.9 Å². The Labute approximate surface area is 247 Å². The van der Waals surface area contributed by atoms with Gasteiger partial charge in [0.1, 0.15) is 11.4 Å². The summed E-state index contributed by atoms with van der Waals surface area (Å²) in [6, 6.07) is 11.6. The maximum Gasteiger partial charge on any atom is 0.354 e. The number of halogens is 1. The average Bonchev–Trinajstić information content (AvgIpc) is 3.63. The highest BCUT2D eigenvalue weighted by Gasteiger charge is 2.30. The Morgan fingerprint density at radius 2 is 1.85 bits per heavy atom. The zero-order valence-electron chi connectivity index (χ0n) is 23.5. The van der Waals surface area contributed by atoms with Crippen LogP contribution >= 0.6 is 23.4 Å². The van der Waals surface area contributed by atoms with Crippen molar-refractivity contribution >= 4 is 46.2 Å². The average molecular weight is 598 g/mol. The van der Waals surface area contributed by atoms with Gasteiger partial charge in [-0.2, -0.15) is 5.10 Å². The molecule has 0 radical (unpaired) electrons. The molecule has 11 heteroatoms. The predicted octanol–water partition coefficient (Wildman–Crippen LogP) is 5.91. The molecule has 0 N–H and O–H groups in total. The van der Waals surface area contributed by atoms with E-state index in [0.29, 0.717) is 36.8 Å². The van der Waals surface area contributed by atoms with Crippen molar-refractivity contribution in [1.82, 2.24) is 14.3 Å². The highest BCUT2D eigenvalue weighted by atomic mass is 35.5. The van der Waals surface area contributed by atoms with Gasteiger partial charge in [-0.1, -0.05) is 29.8 Å². The van der Waals surface area contributed by atoms with Gasteiger partial charge in [0.15, 0.2) is 0 Å². The third kappa shape index (κ3) is 5.82. The summed E-state index contributed by atoms with van der Waals surface area (Å²) in [5, 5.41) is 6.36. The van der Waals surface area contributed by atoms with Crippen molar-refractivity contribution in [3.63, 3.8) is 0 Å². The van der Waals surface area contributed by atoms with Crippen LogP contribution in [0.5, 0.6) is 5.75 Å². The maximum absolute atomic E-state index is 13.0. The van der Waals surface area contributed by atoms with Crippen LogP contribution in [0.4, 0.5) is 0 Å². The lowest BCUT2D eigenvalue weighted by Gasteiger charge is -2.12. The Morgan fingerprint density at radius 3 is 2.56 bits per heavy atom. The number of methoxy groups -OCH3 is 2. The molecule has 41 heavy (non-hydrogen) atoms. The maximum atomic E-state index is 13.0. The molecule has 5 rings (SSSR count). The fraction of sp³-hybridized carbons (Fsp3) is 0.367. The monoisotopic (exact) mass is 597 g/mol. The van der Waals surface area contributed by atoms with Crippen molar-refractivity contribution in [2.45, 2.75) is 44.6 Å². The van der Waals surface area contributed by atoms with Gasteiger partial charge in [-0.05, 0) is 42.2 Å². The van der Waals surface area contributed by atoms with E-state index < -0.39 is 5.97 Å². The van der Waals surface area contributed by atoms with E-state index in [1.165, 1.54) is 14.0 Å². The van der Waals surface area contributed by atoms with E-state index in [4.69, 9.17) is 35.6 Å². The topological polar surface area (TPSA) is 93.8 Å². The van der Waals surface area contributed by atoms with Gasteiger partial charge in [0, 0.05) is 36.2 Å². The van der Waals surface area contributed by atoms with Crippen molar-refractivity contribution in [3.05, 3.63) is 69.6 Å². The molecule has 0 atom stereocenters. The number of nitrogens with zero attached hydrogens (tertiary/aromatic N) is 3. The molecule has 0 saturated carbocycles. The molecule has 9 nitrogen and oxygen atoms in total. The molecule has 216 valence electrons. The van der Waals surface area contributed by atoms with Gasteiger partial charge in [0.25, 0.3) is 0 Å². The van der Waals surface area contributed by atoms with Crippen LogP contribution in [0.25, 0.3) is 22.0 Å². The molecule has 0 spiro atoms. The number of fused-ring (bicyclic) bond motifs is 2. The normalized spacial score (nSPS) is 12.5. The summed E-state index contributed by atoms with van der Waals surface area (Å²) in [5.41, 5.74) is 6.74. The summed E-state index contributed by atoms with van der Waals surface area (Å²) < 4.78 is 25.6. The van der Waals surface area contributed by atoms with Crippen LogP contribution in [-0.2, 0) is 57.3 Å². The first-order valence-electron chi connectivity index (χ1n) is 13.2. The van der Waals surface area contributed by atoms with Crippen molar-refractivity contribution in [3.8, 4) is 16.9 Å². The van der Waals surface area contributed by atoms with E-state index in [1.807, 2.05) is 52.7 Å². The predicted molar refractivity (Wildman–Crippen MR) is 158 cm³/mol. The number of rotatable bonds is 11. The lowest BCUT2D eigenvalue weighted by atomic mass is 9.98. The van der Waals surface area contributed by atoms with Gasteiger partial charge < -0.3 is 23.5 Å². The minimum atomic E-state index is -0.438. The van der Waals surface area contributed by atoms with E-state index in [0.717, 1.165) is 61.9 Å². The van der Waals surface area contributed by atoms with E-state index in [9.17, 15) is 9.59 Å². The number of hydrogen-bond donors (Lipinski definition) is 0. The van der Waals surface area contributed by atoms with Crippen LogP contribution in [0.1, 0.15) is 46.3 Å². The van der Waals surface area contributed by atoms with Crippen molar-refractivity contribution < 1.29 is 28.5 Å². The second-order valence-corrected chi connectivity index (χ2v) is 11.1. The van der Waals surface area contributed by atoms with Crippen LogP contribution in [0.2, 0.25) is 5.02 Å². The smallest absolute Gasteiger partial charge is 0.354 e. The Kier molecular flexibility index (Phi) is 8.91. The van der Waals surface area contributed by atoms with Gasteiger partial charge in [0.2, 0.25) is 0 Å². The molecule has 0 aliphatic carbocycles. The highest BCUT2D eigenvalue weighted by Crippen LogP contribution is 2.44. The van der Waals surface area contributed by atoms with E-state index in [-0.39, 0.29) is 12.6 Å². The quantitative estimate of drug-likeness (QED) is 0.156. The van der Waals surface area contributed by atoms with Crippen LogP contribution in [-0.4, -0.2) is 47.1 Å². The Hall–Kier alpha value is -3.47. The SMILES string of the molecule is COC(=O)c1c(CCCOC(C)=O)c2ccc(Cl)c(-c3c(COCc4ccc(OC)cc4)nn4c3CSC4)c2n1C. The molecule has 0 saturated heterocycles. The summed E-state index contributed by atoms with van der Waals surface area (Å²) >= 11 is 8.73. The second-order valence-electron chi connectivity index (χ2n) is 9.73. The number of esters is 2. The largest absolute Gasteiger partial charge is 0.497 e. The molecule has 3 heterocycles. The van der Waals surface area contributed by atoms with Crippen molar-refractivity contribution in [2.24, 2.45) is 7.05 Å².